The second-order valence-electron chi connectivity index (χ2n) is 6.09. The van der Waals surface area contributed by atoms with Gasteiger partial charge in [-0.1, -0.05) is 30.3 Å². The first-order valence-corrected chi connectivity index (χ1v) is 8.60. The van der Waals surface area contributed by atoms with E-state index < -0.39 is 0 Å². The summed E-state index contributed by atoms with van der Waals surface area (Å²) in [6, 6.07) is 13.5. The third-order valence-electron chi connectivity index (χ3n) is 4.48. The molecule has 134 valence electrons. The number of rotatable bonds is 4. The number of ether oxygens (including phenoxy) is 2. The molecule has 0 radical (unpaired) electrons. The lowest BCUT2D eigenvalue weighted by Gasteiger charge is -2.26. The van der Waals surface area contributed by atoms with E-state index in [0.29, 0.717) is 37.8 Å². The number of hydrogen-bond acceptors (Lipinski definition) is 5. The summed E-state index contributed by atoms with van der Waals surface area (Å²) in [4.78, 5) is 19.4. The van der Waals surface area contributed by atoms with Gasteiger partial charge in [-0.15, -0.1) is 5.10 Å². The van der Waals surface area contributed by atoms with Gasteiger partial charge in [0.15, 0.2) is 5.65 Å². The third-order valence-corrected chi connectivity index (χ3v) is 4.48. The van der Waals surface area contributed by atoms with Crippen LogP contribution in [0.2, 0.25) is 0 Å². The summed E-state index contributed by atoms with van der Waals surface area (Å²) >= 11 is 0. The number of carbonyl (C=O) groups is 1. The van der Waals surface area contributed by atoms with E-state index in [2.05, 4.69) is 5.10 Å². The number of hydrogen-bond donors (Lipinski definition) is 0. The van der Waals surface area contributed by atoms with E-state index in [1.807, 2.05) is 41.3 Å². The van der Waals surface area contributed by atoms with E-state index >= 15 is 0 Å². The lowest BCUT2D eigenvalue weighted by Crippen LogP contribution is -2.41. The summed E-state index contributed by atoms with van der Waals surface area (Å²) in [7, 11) is 1.57. The van der Waals surface area contributed by atoms with Gasteiger partial charge in [-0.25, -0.2) is 9.50 Å². The van der Waals surface area contributed by atoms with Gasteiger partial charge in [0.05, 0.1) is 38.1 Å². The Morgan fingerprint density at radius 2 is 1.92 bits per heavy atom. The van der Waals surface area contributed by atoms with Crippen LogP contribution in [0.3, 0.4) is 0 Å². The molecule has 1 saturated heterocycles. The lowest BCUT2D eigenvalue weighted by molar-refractivity contribution is -0.134. The monoisotopic (exact) mass is 352 g/mol. The molecular formula is C19H20N4O3. The van der Waals surface area contributed by atoms with Crippen LogP contribution in [-0.2, 0) is 16.0 Å². The van der Waals surface area contributed by atoms with Gasteiger partial charge in [0, 0.05) is 24.7 Å². The van der Waals surface area contributed by atoms with E-state index in [9.17, 15) is 4.79 Å². The molecule has 3 heterocycles. The highest BCUT2D eigenvalue weighted by atomic mass is 16.5. The van der Waals surface area contributed by atoms with E-state index in [0.717, 1.165) is 17.0 Å². The molecule has 0 aliphatic carbocycles. The number of morpholine rings is 1. The molecule has 2 aromatic heterocycles. The van der Waals surface area contributed by atoms with E-state index in [-0.39, 0.29) is 12.3 Å². The Kier molecular flexibility index (Phi) is 4.53. The number of fused-ring (bicyclic) bond motifs is 1. The smallest absolute Gasteiger partial charge is 0.231 e. The highest BCUT2D eigenvalue weighted by molar-refractivity contribution is 5.81. The van der Waals surface area contributed by atoms with Crippen molar-refractivity contribution in [2.24, 2.45) is 0 Å². The lowest BCUT2D eigenvalue weighted by atomic mass is 10.1. The summed E-state index contributed by atoms with van der Waals surface area (Å²) < 4.78 is 12.3. The Bertz CT molecular complexity index is 917. The van der Waals surface area contributed by atoms with Crippen LogP contribution in [0, 0.1) is 0 Å². The molecule has 0 bridgehead atoms. The van der Waals surface area contributed by atoms with Crippen molar-refractivity contribution in [2.45, 2.75) is 6.42 Å². The molecule has 0 atom stereocenters. The molecule has 1 aromatic carbocycles. The first-order valence-electron chi connectivity index (χ1n) is 8.60. The first-order chi connectivity index (χ1) is 12.8. The van der Waals surface area contributed by atoms with Crippen LogP contribution in [0.5, 0.6) is 5.88 Å². The molecule has 3 aromatic rings. The zero-order valence-corrected chi connectivity index (χ0v) is 14.6. The zero-order valence-electron chi connectivity index (χ0n) is 14.6. The topological polar surface area (TPSA) is 69.0 Å². The summed E-state index contributed by atoms with van der Waals surface area (Å²) in [6.45, 7) is 2.40. The van der Waals surface area contributed by atoms with E-state index in [1.165, 1.54) is 0 Å². The molecule has 1 amide bonds. The maximum Gasteiger partial charge on any atom is 0.231 e. The average molecular weight is 352 g/mol. The predicted octanol–water partition coefficient (Wildman–Crippen LogP) is 1.81. The van der Waals surface area contributed by atoms with Crippen molar-refractivity contribution in [2.75, 3.05) is 33.4 Å². The SMILES string of the molecule is COc1ccc2nc(-c3ccccc3)c(CC(=O)N3CCOCC3)n2n1. The second-order valence-corrected chi connectivity index (χ2v) is 6.09. The van der Waals surface area contributed by atoms with Crippen molar-refractivity contribution in [3.63, 3.8) is 0 Å². The Hall–Kier alpha value is -2.93. The number of amides is 1. The fourth-order valence-electron chi connectivity index (χ4n) is 3.12. The van der Waals surface area contributed by atoms with Crippen molar-refractivity contribution in [1.82, 2.24) is 19.5 Å². The number of nitrogens with zero attached hydrogens (tertiary/aromatic N) is 4. The molecule has 0 saturated carbocycles. The van der Waals surface area contributed by atoms with Crippen LogP contribution in [0.15, 0.2) is 42.5 Å². The van der Waals surface area contributed by atoms with E-state index in [1.54, 1.807) is 17.7 Å². The molecule has 0 N–H and O–H groups in total. The molecule has 4 rings (SSSR count). The maximum atomic E-state index is 12.8. The van der Waals surface area contributed by atoms with Crippen LogP contribution < -0.4 is 4.74 Å². The molecule has 7 heteroatoms. The summed E-state index contributed by atoms with van der Waals surface area (Å²) in [5.41, 5.74) is 3.19. The van der Waals surface area contributed by atoms with Crippen molar-refractivity contribution in [3.8, 4) is 17.1 Å². The van der Waals surface area contributed by atoms with Gasteiger partial charge >= 0.3 is 0 Å². The van der Waals surface area contributed by atoms with Gasteiger partial charge < -0.3 is 14.4 Å². The Balaban J connectivity index is 1.77. The molecule has 1 fully saturated rings. The van der Waals surface area contributed by atoms with Crippen LogP contribution in [0.25, 0.3) is 16.9 Å². The molecule has 0 spiro atoms. The van der Waals surface area contributed by atoms with Crippen molar-refractivity contribution in [1.29, 1.82) is 0 Å². The Labute approximate surface area is 151 Å². The quantitative estimate of drug-likeness (QED) is 0.716. The highest BCUT2D eigenvalue weighted by Crippen LogP contribution is 2.25. The van der Waals surface area contributed by atoms with E-state index in [4.69, 9.17) is 14.5 Å². The third kappa shape index (κ3) is 3.13. The normalized spacial score (nSPS) is 14.6. The van der Waals surface area contributed by atoms with Gasteiger partial charge in [-0.05, 0) is 6.07 Å². The van der Waals surface area contributed by atoms with Gasteiger partial charge in [-0.2, -0.15) is 0 Å². The highest BCUT2D eigenvalue weighted by Gasteiger charge is 2.23. The van der Waals surface area contributed by atoms with Gasteiger partial charge in [0.2, 0.25) is 11.8 Å². The maximum absolute atomic E-state index is 12.8. The number of methoxy groups -OCH3 is 1. The van der Waals surface area contributed by atoms with Gasteiger partial charge in [0.1, 0.15) is 0 Å². The second kappa shape index (κ2) is 7.13. The van der Waals surface area contributed by atoms with Crippen molar-refractivity contribution in [3.05, 3.63) is 48.2 Å². The fraction of sp³-hybridized carbons (Fsp3) is 0.316. The average Bonchev–Trinajstić information content (AvgIpc) is 3.07. The van der Waals surface area contributed by atoms with Crippen LogP contribution >= 0.6 is 0 Å². The number of carbonyl (C=O) groups excluding carboxylic acids is 1. The first kappa shape index (κ1) is 16.5. The molecule has 26 heavy (non-hydrogen) atoms. The number of imidazole rings is 1. The molecule has 7 nitrogen and oxygen atoms in total. The molecule has 1 aliphatic rings. The van der Waals surface area contributed by atoms with Crippen LogP contribution in [-0.4, -0.2) is 58.8 Å². The predicted molar refractivity (Wildman–Crippen MR) is 96.1 cm³/mol. The number of benzene rings is 1. The summed E-state index contributed by atoms with van der Waals surface area (Å²) in [5, 5.41) is 4.47. The van der Waals surface area contributed by atoms with Gasteiger partial charge in [-0.3, -0.25) is 4.79 Å². The summed E-state index contributed by atoms with van der Waals surface area (Å²) in [5.74, 6) is 0.534. The van der Waals surface area contributed by atoms with Crippen molar-refractivity contribution >= 4 is 11.6 Å². The van der Waals surface area contributed by atoms with Crippen LogP contribution in [0.4, 0.5) is 0 Å². The number of aromatic nitrogens is 3. The van der Waals surface area contributed by atoms with Crippen LogP contribution in [0.1, 0.15) is 5.69 Å². The Morgan fingerprint density at radius 3 is 2.65 bits per heavy atom. The fourth-order valence-corrected chi connectivity index (χ4v) is 3.12. The Morgan fingerprint density at radius 1 is 1.15 bits per heavy atom. The molecular weight excluding hydrogens is 332 g/mol. The molecule has 0 unspecified atom stereocenters. The minimum atomic E-state index is 0.0527. The summed E-state index contributed by atoms with van der Waals surface area (Å²) in [6.07, 6.45) is 0.228. The minimum absolute atomic E-state index is 0.0527. The van der Waals surface area contributed by atoms with Gasteiger partial charge in [0.25, 0.3) is 0 Å². The zero-order chi connectivity index (χ0) is 17.9. The van der Waals surface area contributed by atoms with Crippen molar-refractivity contribution < 1.29 is 14.3 Å². The standard InChI is InChI=1S/C19H20N4O3/c1-25-17-8-7-16-20-19(14-5-3-2-4-6-14)15(23(16)21-17)13-18(24)22-9-11-26-12-10-22/h2-8H,9-13H2,1H3. The largest absolute Gasteiger partial charge is 0.480 e. The molecule has 1 aliphatic heterocycles. The minimum Gasteiger partial charge on any atom is -0.480 e.